The van der Waals surface area contributed by atoms with E-state index in [-0.39, 0.29) is 12.5 Å². The van der Waals surface area contributed by atoms with E-state index in [1.54, 1.807) is 56.5 Å². The maximum atomic E-state index is 13.5. The summed E-state index contributed by atoms with van der Waals surface area (Å²) in [6, 6.07) is 12.8. The summed E-state index contributed by atoms with van der Waals surface area (Å²) >= 11 is 0. The van der Waals surface area contributed by atoms with Crippen LogP contribution in [-0.4, -0.2) is 65.2 Å². The molecule has 0 aliphatic rings. The molecule has 2 amide bonds. The fourth-order valence-corrected chi connectivity index (χ4v) is 4.23. The molecule has 2 aromatic rings. The van der Waals surface area contributed by atoms with Gasteiger partial charge < -0.3 is 19.7 Å². The number of nitrogens with zero attached hydrogens (tertiary/aromatic N) is 2. The summed E-state index contributed by atoms with van der Waals surface area (Å²) in [6.07, 6.45) is 1.39. The highest BCUT2D eigenvalue weighted by Crippen LogP contribution is 2.24. The third-order valence-electron chi connectivity index (χ3n) is 5.16. The molecule has 0 spiro atoms. The molecule has 10 heteroatoms. The smallest absolute Gasteiger partial charge is 0.244 e. The molecule has 9 nitrogen and oxygen atoms in total. The molecule has 2 rings (SSSR count). The third-order valence-corrected chi connectivity index (χ3v) is 6.31. The van der Waals surface area contributed by atoms with Crippen LogP contribution in [0.2, 0.25) is 0 Å². The highest BCUT2D eigenvalue weighted by Gasteiger charge is 2.31. The maximum Gasteiger partial charge on any atom is 0.244 e. The molecule has 0 bridgehead atoms. The number of ether oxygens (including phenoxy) is 2. The van der Waals surface area contributed by atoms with Crippen molar-refractivity contribution >= 4 is 27.5 Å². The second kappa shape index (κ2) is 11.6. The lowest BCUT2D eigenvalue weighted by Gasteiger charge is -2.32. The Labute approximate surface area is 195 Å². The molecule has 2 aromatic carbocycles. The zero-order valence-corrected chi connectivity index (χ0v) is 20.4. The van der Waals surface area contributed by atoms with Gasteiger partial charge in [-0.3, -0.25) is 13.9 Å². The lowest BCUT2D eigenvalue weighted by atomic mass is 10.1. The Hall–Kier alpha value is -3.27. The number of carbonyl (C=O) groups is 2. The van der Waals surface area contributed by atoms with Crippen molar-refractivity contribution < 1.29 is 27.5 Å². The summed E-state index contributed by atoms with van der Waals surface area (Å²) in [5.41, 5.74) is 1.07. The molecule has 0 radical (unpaired) electrons. The number of anilines is 1. The van der Waals surface area contributed by atoms with Gasteiger partial charge in [-0.05, 0) is 36.2 Å². The molecular weight excluding hydrogens is 446 g/mol. The lowest BCUT2D eigenvalue weighted by molar-refractivity contribution is -0.140. The van der Waals surface area contributed by atoms with Crippen LogP contribution in [0.4, 0.5) is 5.69 Å². The van der Waals surface area contributed by atoms with Crippen molar-refractivity contribution in [2.45, 2.75) is 25.9 Å². The Kier molecular flexibility index (Phi) is 9.10. The Morgan fingerprint density at radius 1 is 1.03 bits per heavy atom. The van der Waals surface area contributed by atoms with Crippen LogP contribution >= 0.6 is 0 Å². The number of rotatable bonds is 11. The van der Waals surface area contributed by atoms with Crippen molar-refractivity contribution in [3.63, 3.8) is 0 Å². The van der Waals surface area contributed by atoms with Gasteiger partial charge in [-0.1, -0.05) is 25.1 Å². The lowest BCUT2D eigenvalue weighted by Crippen LogP contribution is -2.51. The summed E-state index contributed by atoms with van der Waals surface area (Å²) < 4.78 is 36.5. The molecule has 0 saturated carbocycles. The number of nitrogens with one attached hydrogen (secondary N) is 1. The Bertz CT molecular complexity index is 1060. The first kappa shape index (κ1) is 26.0. The van der Waals surface area contributed by atoms with E-state index in [0.717, 1.165) is 16.1 Å². The number of sulfonamides is 1. The fraction of sp³-hybridized carbons (Fsp3) is 0.391. The highest BCUT2D eigenvalue weighted by molar-refractivity contribution is 7.92. The minimum absolute atomic E-state index is 0.129. The average molecular weight is 478 g/mol. The van der Waals surface area contributed by atoms with E-state index in [2.05, 4.69) is 5.32 Å². The van der Waals surface area contributed by atoms with Crippen LogP contribution in [0.25, 0.3) is 0 Å². The minimum atomic E-state index is -3.80. The van der Waals surface area contributed by atoms with E-state index in [1.165, 1.54) is 25.1 Å². The van der Waals surface area contributed by atoms with Gasteiger partial charge in [0.2, 0.25) is 21.8 Å². The summed E-state index contributed by atoms with van der Waals surface area (Å²) in [5.74, 6) is 0.290. The van der Waals surface area contributed by atoms with E-state index in [9.17, 15) is 18.0 Å². The molecule has 1 N–H and O–H groups in total. The van der Waals surface area contributed by atoms with E-state index in [1.807, 2.05) is 0 Å². The molecule has 0 unspecified atom stereocenters. The molecule has 0 aliphatic carbocycles. The summed E-state index contributed by atoms with van der Waals surface area (Å²) in [7, 11) is 0.732. The first-order valence-corrected chi connectivity index (χ1v) is 12.2. The molecule has 0 fully saturated rings. The van der Waals surface area contributed by atoms with Gasteiger partial charge in [-0.2, -0.15) is 0 Å². The topological polar surface area (TPSA) is 105 Å². The molecule has 1 atom stereocenters. The number of carbonyl (C=O) groups excluding carboxylic acids is 2. The van der Waals surface area contributed by atoms with Crippen LogP contribution in [0.1, 0.15) is 18.9 Å². The molecule has 0 heterocycles. The predicted octanol–water partition coefficient (Wildman–Crippen LogP) is 2.02. The first-order valence-electron chi connectivity index (χ1n) is 10.4. The molecule has 0 saturated heterocycles. The number of likely N-dealkylation sites (N-methyl/N-ethyl adjacent to an activating group) is 1. The Morgan fingerprint density at radius 3 is 2.18 bits per heavy atom. The van der Waals surface area contributed by atoms with E-state index in [4.69, 9.17) is 9.47 Å². The normalized spacial score (nSPS) is 11.9. The monoisotopic (exact) mass is 477 g/mol. The van der Waals surface area contributed by atoms with Gasteiger partial charge in [0.25, 0.3) is 0 Å². The van der Waals surface area contributed by atoms with Gasteiger partial charge in [0.15, 0.2) is 0 Å². The second-order valence-corrected chi connectivity index (χ2v) is 9.29. The molecule has 0 aliphatic heterocycles. The average Bonchev–Trinajstić information content (AvgIpc) is 2.81. The first-order chi connectivity index (χ1) is 15.6. The van der Waals surface area contributed by atoms with Crippen molar-refractivity contribution in [1.29, 1.82) is 0 Å². The number of methoxy groups -OCH3 is 2. The molecule has 33 heavy (non-hydrogen) atoms. The SMILES string of the molecule is CC[C@@H](C(=O)NC)N(Cc1ccc(OC)cc1)C(=O)CN(c1cccc(OC)c1)S(C)(=O)=O. The van der Waals surface area contributed by atoms with E-state index < -0.39 is 28.5 Å². The van der Waals surface area contributed by atoms with Gasteiger partial charge in [0.05, 0.1) is 26.2 Å². The van der Waals surface area contributed by atoms with Crippen LogP contribution in [0.5, 0.6) is 11.5 Å². The Morgan fingerprint density at radius 2 is 1.67 bits per heavy atom. The summed E-state index contributed by atoms with van der Waals surface area (Å²) in [4.78, 5) is 27.4. The summed E-state index contributed by atoms with van der Waals surface area (Å²) in [6.45, 7) is 1.46. The van der Waals surface area contributed by atoms with Crippen molar-refractivity contribution in [2.24, 2.45) is 0 Å². The van der Waals surface area contributed by atoms with Gasteiger partial charge >= 0.3 is 0 Å². The van der Waals surface area contributed by atoms with Crippen LogP contribution < -0.4 is 19.1 Å². The minimum Gasteiger partial charge on any atom is -0.497 e. The van der Waals surface area contributed by atoms with Gasteiger partial charge in [-0.25, -0.2) is 8.42 Å². The van der Waals surface area contributed by atoms with E-state index in [0.29, 0.717) is 23.6 Å². The van der Waals surface area contributed by atoms with Crippen molar-refractivity contribution in [3.8, 4) is 11.5 Å². The predicted molar refractivity (Wildman–Crippen MR) is 127 cm³/mol. The van der Waals surface area contributed by atoms with Crippen LogP contribution in [-0.2, 0) is 26.2 Å². The van der Waals surface area contributed by atoms with Gasteiger partial charge in [0, 0.05) is 19.7 Å². The third kappa shape index (κ3) is 6.85. The van der Waals surface area contributed by atoms with Crippen LogP contribution in [0.3, 0.4) is 0 Å². The largest absolute Gasteiger partial charge is 0.497 e. The van der Waals surface area contributed by atoms with Crippen molar-refractivity contribution in [2.75, 3.05) is 38.4 Å². The standard InChI is InChI=1S/C23H31N3O6S/c1-6-21(23(28)24-2)25(15-17-10-12-19(31-3)13-11-17)22(27)16-26(33(5,29)30)18-8-7-9-20(14-18)32-4/h7-14,21H,6,15-16H2,1-5H3,(H,24,28)/t21-/m0/s1. The number of benzene rings is 2. The molecule has 180 valence electrons. The Balaban J connectivity index is 2.42. The zero-order chi connectivity index (χ0) is 24.6. The van der Waals surface area contributed by atoms with Crippen LogP contribution in [0, 0.1) is 0 Å². The van der Waals surface area contributed by atoms with Crippen molar-refractivity contribution in [1.82, 2.24) is 10.2 Å². The quantitative estimate of drug-likeness (QED) is 0.531. The van der Waals surface area contributed by atoms with Crippen LogP contribution in [0.15, 0.2) is 48.5 Å². The van der Waals surface area contributed by atoms with Crippen molar-refractivity contribution in [3.05, 3.63) is 54.1 Å². The number of amides is 2. The highest BCUT2D eigenvalue weighted by atomic mass is 32.2. The number of hydrogen-bond donors (Lipinski definition) is 1. The molecule has 0 aromatic heterocycles. The van der Waals surface area contributed by atoms with Gasteiger partial charge in [0.1, 0.15) is 24.1 Å². The van der Waals surface area contributed by atoms with Gasteiger partial charge in [-0.15, -0.1) is 0 Å². The zero-order valence-electron chi connectivity index (χ0n) is 19.6. The number of hydrogen-bond acceptors (Lipinski definition) is 6. The maximum absolute atomic E-state index is 13.5. The summed E-state index contributed by atoms with van der Waals surface area (Å²) in [5, 5.41) is 2.58. The molecular formula is C23H31N3O6S. The van der Waals surface area contributed by atoms with E-state index >= 15 is 0 Å². The fourth-order valence-electron chi connectivity index (χ4n) is 3.39. The second-order valence-electron chi connectivity index (χ2n) is 7.38.